The molecule has 48 heavy (non-hydrogen) atoms. The van der Waals surface area contributed by atoms with Gasteiger partial charge in [0.2, 0.25) is 0 Å². The molecule has 0 saturated carbocycles. The molecule has 246 valence electrons. The number of carbonyl (C=O) groups is 2. The number of imidazole rings is 2. The van der Waals surface area contributed by atoms with Crippen LogP contribution in [-0.2, 0) is 0 Å². The van der Waals surface area contributed by atoms with Gasteiger partial charge in [-0.2, -0.15) is 0 Å². The fraction of sp³-hybridized carbons (Fsp3) is 0.263. The van der Waals surface area contributed by atoms with Gasteiger partial charge in [-0.15, -0.1) is 0 Å². The maximum Gasteiger partial charge on any atom is 0.251 e. The highest BCUT2D eigenvalue weighted by Gasteiger charge is 2.14. The Balaban J connectivity index is 1.16. The molecule has 0 aliphatic carbocycles. The van der Waals surface area contributed by atoms with Crippen LogP contribution in [0.1, 0.15) is 34.6 Å². The average Bonchev–Trinajstić information content (AvgIpc) is 3.68. The highest BCUT2D eigenvalue weighted by atomic mass is 16.2. The number of H-pyrrole nitrogens is 2. The number of amides is 2. The van der Waals surface area contributed by atoms with Gasteiger partial charge in [0.25, 0.3) is 11.8 Å². The maximum absolute atomic E-state index is 12.7. The number of nitrogens with one attached hydrogen (secondary N) is 4. The predicted molar refractivity (Wildman–Crippen MR) is 193 cm³/mol. The Labute approximate surface area is 280 Å². The molecule has 0 radical (unpaired) electrons. The van der Waals surface area contributed by atoms with E-state index in [4.69, 9.17) is 9.97 Å². The van der Waals surface area contributed by atoms with Crippen molar-refractivity contribution >= 4 is 33.9 Å². The summed E-state index contributed by atoms with van der Waals surface area (Å²) in [5.41, 5.74) is 8.67. The summed E-state index contributed by atoms with van der Waals surface area (Å²) >= 11 is 0. The van der Waals surface area contributed by atoms with Crippen LogP contribution in [-0.4, -0.2) is 94.9 Å². The Morgan fingerprint density at radius 2 is 0.938 bits per heavy atom. The molecule has 2 heterocycles. The first-order valence-electron chi connectivity index (χ1n) is 16.1. The fourth-order valence-electron chi connectivity index (χ4n) is 6.00. The molecule has 0 saturated heterocycles. The molecule has 0 aliphatic heterocycles. The molecule has 2 amide bonds. The molecule has 4 N–H and O–H groups in total. The van der Waals surface area contributed by atoms with E-state index in [9.17, 15) is 9.59 Å². The second kappa shape index (κ2) is 13.8. The third-order valence-corrected chi connectivity index (χ3v) is 8.17. The Kier molecular flexibility index (Phi) is 9.38. The first-order valence-corrected chi connectivity index (χ1v) is 16.1. The van der Waals surface area contributed by atoms with Crippen molar-refractivity contribution in [1.82, 2.24) is 40.4 Å². The van der Waals surface area contributed by atoms with Gasteiger partial charge in [-0.25, -0.2) is 9.97 Å². The second-order valence-corrected chi connectivity index (χ2v) is 13.1. The number of likely N-dealkylation sites (N-methyl/N-ethyl adjacent to an activating group) is 2. The van der Waals surface area contributed by atoms with Crippen molar-refractivity contribution in [3.63, 3.8) is 0 Å². The molecule has 0 unspecified atom stereocenters. The van der Waals surface area contributed by atoms with Crippen LogP contribution in [0.3, 0.4) is 0 Å². The number of hydrogen-bond acceptors (Lipinski definition) is 6. The fourth-order valence-corrected chi connectivity index (χ4v) is 6.00. The Bertz CT molecular complexity index is 1910. The molecule has 6 rings (SSSR count). The van der Waals surface area contributed by atoms with Gasteiger partial charge < -0.3 is 30.4 Å². The number of fused-ring (bicyclic) bond motifs is 2. The lowest BCUT2D eigenvalue weighted by molar-refractivity contribution is 0.0925. The van der Waals surface area contributed by atoms with Crippen molar-refractivity contribution in [2.75, 3.05) is 41.3 Å². The van der Waals surface area contributed by atoms with Gasteiger partial charge in [-0.1, -0.05) is 36.4 Å². The third kappa shape index (κ3) is 7.46. The molecule has 2 atom stereocenters. The van der Waals surface area contributed by atoms with Crippen molar-refractivity contribution in [1.29, 1.82) is 0 Å². The molecule has 4 aromatic carbocycles. The van der Waals surface area contributed by atoms with Gasteiger partial charge in [-0.3, -0.25) is 9.59 Å². The zero-order valence-electron chi connectivity index (χ0n) is 28.3. The van der Waals surface area contributed by atoms with Crippen LogP contribution in [0.15, 0.2) is 84.9 Å². The van der Waals surface area contributed by atoms with E-state index in [-0.39, 0.29) is 23.9 Å². The van der Waals surface area contributed by atoms with Crippen LogP contribution in [0.25, 0.3) is 56.0 Å². The number of hydrogen-bond donors (Lipinski definition) is 4. The van der Waals surface area contributed by atoms with Crippen LogP contribution in [0, 0.1) is 0 Å². The van der Waals surface area contributed by atoms with Gasteiger partial charge in [0.15, 0.2) is 0 Å². The second-order valence-electron chi connectivity index (χ2n) is 13.1. The van der Waals surface area contributed by atoms with E-state index in [1.54, 1.807) is 0 Å². The molecular formula is C38H42N8O2. The van der Waals surface area contributed by atoms with Crippen LogP contribution in [0.5, 0.6) is 0 Å². The van der Waals surface area contributed by atoms with Crippen LogP contribution >= 0.6 is 0 Å². The molecule has 10 heteroatoms. The molecule has 10 nitrogen and oxygen atoms in total. The monoisotopic (exact) mass is 642 g/mol. The minimum Gasteiger partial charge on any atom is -0.348 e. The van der Waals surface area contributed by atoms with Gasteiger partial charge in [0.1, 0.15) is 11.6 Å². The molecule has 0 aliphatic rings. The van der Waals surface area contributed by atoms with E-state index >= 15 is 0 Å². The van der Waals surface area contributed by atoms with Gasteiger partial charge in [-0.05, 0) is 102 Å². The molecule has 0 spiro atoms. The summed E-state index contributed by atoms with van der Waals surface area (Å²) in [6.45, 7) is 5.54. The molecular weight excluding hydrogens is 600 g/mol. The van der Waals surface area contributed by atoms with E-state index in [1.165, 1.54) is 0 Å². The first-order chi connectivity index (χ1) is 23.0. The molecule has 0 bridgehead atoms. The summed E-state index contributed by atoms with van der Waals surface area (Å²) in [4.78, 5) is 46.0. The number of benzene rings is 4. The lowest BCUT2D eigenvalue weighted by Crippen LogP contribution is -2.39. The number of rotatable bonds is 11. The summed E-state index contributed by atoms with van der Waals surface area (Å²) in [5.74, 6) is 1.31. The topological polar surface area (TPSA) is 122 Å². The SMILES string of the molecule is C[C@@H](CN(C)C)NC(=O)c1ccc(-c2nc3cc(-c4ccc5[nH]c(-c6ccc(C(=O)N[C@@H](C)CN(C)C)cc6)nc5c4)ccc3[nH]2)cc1. The molecule has 0 fully saturated rings. The highest BCUT2D eigenvalue weighted by Crippen LogP contribution is 2.29. The van der Waals surface area contributed by atoms with E-state index in [2.05, 4.69) is 44.9 Å². The van der Waals surface area contributed by atoms with Gasteiger partial charge >= 0.3 is 0 Å². The Hall–Kier alpha value is -5.32. The lowest BCUT2D eigenvalue weighted by Gasteiger charge is -2.18. The quantitative estimate of drug-likeness (QED) is 0.142. The lowest BCUT2D eigenvalue weighted by atomic mass is 10.0. The molecule has 2 aromatic heterocycles. The third-order valence-electron chi connectivity index (χ3n) is 8.17. The molecule has 6 aromatic rings. The van der Waals surface area contributed by atoms with Crippen molar-refractivity contribution < 1.29 is 9.59 Å². The van der Waals surface area contributed by atoms with E-state index in [1.807, 2.05) is 113 Å². The summed E-state index contributed by atoms with van der Waals surface area (Å²) in [6.07, 6.45) is 0. The summed E-state index contributed by atoms with van der Waals surface area (Å²) < 4.78 is 0. The zero-order chi connectivity index (χ0) is 33.9. The van der Waals surface area contributed by atoms with Crippen molar-refractivity contribution in [2.45, 2.75) is 25.9 Å². The summed E-state index contributed by atoms with van der Waals surface area (Å²) in [5, 5.41) is 6.08. The van der Waals surface area contributed by atoms with Crippen molar-refractivity contribution in [3.05, 3.63) is 96.1 Å². The normalized spacial score (nSPS) is 12.9. The van der Waals surface area contributed by atoms with E-state index < -0.39 is 0 Å². The Morgan fingerprint density at radius 1 is 0.583 bits per heavy atom. The van der Waals surface area contributed by atoms with Crippen molar-refractivity contribution in [3.8, 4) is 33.9 Å². The number of carbonyl (C=O) groups excluding carboxylic acids is 2. The standard InChI is InChI=1S/C38H42N8O2/c1-23(21-45(3)4)39-37(47)27-11-7-25(8-12-27)35-41-31-17-15-29(19-33(31)43-35)30-16-18-32-34(20-30)44-36(42-32)26-9-13-28(14-10-26)38(48)40-24(2)22-46(5)6/h7-20,23-24H,21-22H2,1-6H3,(H,39,47)(H,40,48)(H,41,43)(H,42,44)/t23-,24-/m0/s1. The highest BCUT2D eigenvalue weighted by molar-refractivity contribution is 5.96. The number of nitrogens with zero attached hydrogens (tertiary/aromatic N) is 4. The largest absolute Gasteiger partial charge is 0.348 e. The summed E-state index contributed by atoms with van der Waals surface area (Å²) in [7, 11) is 7.95. The van der Waals surface area contributed by atoms with Crippen LogP contribution < -0.4 is 10.6 Å². The van der Waals surface area contributed by atoms with Crippen molar-refractivity contribution in [2.24, 2.45) is 0 Å². The number of aromatic amines is 2. The van der Waals surface area contributed by atoms with Gasteiger partial charge in [0.05, 0.1) is 22.1 Å². The minimum absolute atomic E-state index is 0.0491. The van der Waals surface area contributed by atoms with E-state index in [0.29, 0.717) is 11.1 Å². The predicted octanol–water partition coefficient (Wildman–Crippen LogP) is 5.80. The van der Waals surface area contributed by atoms with Crippen LogP contribution in [0.4, 0.5) is 0 Å². The number of aromatic nitrogens is 4. The van der Waals surface area contributed by atoms with Crippen LogP contribution in [0.2, 0.25) is 0 Å². The van der Waals surface area contributed by atoms with E-state index in [0.717, 1.165) is 69.1 Å². The maximum atomic E-state index is 12.7. The first kappa shape index (κ1) is 32.6. The zero-order valence-corrected chi connectivity index (χ0v) is 28.3. The minimum atomic E-state index is -0.0885. The Morgan fingerprint density at radius 3 is 1.29 bits per heavy atom. The average molecular weight is 643 g/mol. The summed E-state index contributed by atoms with van der Waals surface area (Å²) in [6, 6.07) is 27.5. The van der Waals surface area contributed by atoms with Gasteiger partial charge in [0, 0.05) is 47.4 Å². The smallest absolute Gasteiger partial charge is 0.251 e.